The quantitative estimate of drug-likeness (QED) is 0.811. The maximum Gasteiger partial charge on any atom is 0.234 e. The van der Waals surface area contributed by atoms with Gasteiger partial charge < -0.3 is 10.6 Å². The number of rotatable bonds is 5. The van der Waals surface area contributed by atoms with Crippen molar-refractivity contribution in [2.75, 3.05) is 6.54 Å². The maximum absolute atomic E-state index is 11.9. The molecule has 0 bridgehead atoms. The molecule has 1 aromatic heterocycles. The third kappa shape index (κ3) is 4.93. The largest absolute Gasteiger partial charge is 0.352 e. The average Bonchev–Trinajstić information content (AvgIpc) is 2.69. The molecule has 0 atom stereocenters. The lowest BCUT2D eigenvalue weighted by molar-refractivity contribution is -0.121. The highest BCUT2D eigenvalue weighted by atomic mass is 16.1. The predicted octanol–water partition coefficient (Wildman–Crippen LogP) is 2.32. The maximum atomic E-state index is 11.9. The van der Waals surface area contributed by atoms with Gasteiger partial charge in [0.1, 0.15) is 0 Å². The molecule has 0 spiro atoms. The van der Waals surface area contributed by atoms with Crippen molar-refractivity contribution in [2.24, 2.45) is 0 Å². The highest BCUT2D eigenvalue weighted by Crippen LogP contribution is 2.16. The van der Waals surface area contributed by atoms with Gasteiger partial charge in [0.15, 0.2) is 0 Å². The number of hydrogen-bond acceptors (Lipinski definition) is 3. The van der Waals surface area contributed by atoms with Crippen LogP contribution in [0.1, 0.15) is 49.7 Å². The summed E-state index contributed by atoms with van der Waals surface area (Å²) in [5.74, 6) is 0.110. The van der Waals surface area contributed by atoms with Gasteiger partial charge in [-0.15, -0.1) is 0 Å². The van der Waals surface area contributed by atoms with E-state index in [0.717, 1.165) is 18.4 Å². The smallest absolute Gasteiger partial charge is 0.234 e. The summed E-state index contributed by atoms with van der Waals surface area (Å²) in [5, 5.41) is 6.34. The molecule has 0 saturated heterocycles. The molecular formula is C16H25N3O. The number of aromatic nitrogens is 1. The van der Waals surface area contributed by atoms with E-state index >= 15 is 0 Å². The minimum atomic E-state index is 0.110. The van der Waals surface area contributed by atoms with Crippen LogP contribution in [0.5, 0.6) is 0 Å². The first-order chi connectivity index (χ1) is 9.75. The molecule has 4 heteroatoms. The summed E-state index contributed by atoms with van der Waals surface area (Å²) >= 11 is 0. The molecular weight excluding hydrogens is 250 g/mol. The standard InChI is InChI=1S/C16H25N3O/c1-13-8-9-17-10-14(13)11-18-12-16(20)19-15-6-4-2-3-5-7-15/h8-10,15,18H,2-7,11-12H2,1H3,(H,19,20). The summed E-state index contributed by atoms with van der Waals surface area (Å²) in [5.41, 5.74) is 2.35. The fourth-order valence-corrected chi connectivity index (χ4v) is 2.69. The topological polar surface area (TPSA) is 54.0 Å². The van der Waals surface area contributed by atoms with E-state index in [1.807, 2.05) is 12.3 Å². The second-order valence-electron chi connectivity index (χ2n) is 5.66. The molecule has 20 heavy (non-hydrogen) atoms. The van der Waals surface area contributed by atoms with Gasteiger partial charge in [0.25, 0.3) is 0 Å². The van der Waals surface area contributed by atoms with Crippen LogP contribution in [0.3, 0.4) is 0 Å². The Morgan fingerprint density at radius 3 is 2.75 bits per heavy atom. The Morgan fingerprint density at radius 1 is 1.30 bits per heavy atom. The Labute approximate surface area is 121 Å². The zero-order valence-corrected chi connectivity index (χ0v) is 12.3. The highest BCUT2D eigenvalue weighted by molar-refractivity contribution is 5.78. The fourth-order valence-electron chi connectivity index (χ4n) is 2.69. The lowest BCUT2D eigenvalue weighted by Crippen LogP contribution is -2.40. The van der Waals surface area contributed by atoms with Crippen LogP contribution < -0.4 is 10.6 Å². The lowest BCUT2D eigenvalue weighted by atomic mass is 10.1. The first-order valence-electron chi connectivity index (χ1n) is 7.65. The van der Waals surface area contributed by atoms with Crippen LogP contribution in [-0.2, 0) is 11.3 Å². The van der Waals surface area contributed by atoms with Crippen LogP contribution in [0, 0.1) is 6.92 Å². The Balaban J connectivity index is 1.68. The van der Waals surface area contributed by atoms with Crippen molar-refractivity contribution in [3.63, 3.8) is 0 Å². The molecule has 0 radical (unpaired) electrons. The molecule has 0 aromatic carbocycles. The van der Waals surface area contributed by atoms with Gasteiger partial charge >= 0.3 is 0 Å². The van der Waals surface area contributed by atoms with E-state index in [4.69, 9.17) is 0 Å². The summed E-state index contributed by atoms with van der Waals surface area (Å²) in [6.45, 7) is 3.13. The Bertz CT molecular complexity index is 425. The van der Waals surface area contributed by atoms with Crippen molar-refractivity contribution in [3.8, 4) is 0 Å². The molecule has 1 aliphatic rings. The Kier molecular flexibility index (Phi) is 5.99. The zero-order chi connectivity index (χ0) is 14.2. The van der Waals surface area contributed by atoms with E-state index in [-0.39, 0.29) is 5.91 Å². The van der Waals surface area contributed by atoms with Crippen molar-refractivity contribution >= 4 is 5.91 Å². The van der Waals surface area contributed by atoms with Gasteiger partial charge in [-0.3, -0.25) is 9.78 Å². The van der Waals surface area contributed by atoms with Gasteiger partial charge in [-0.25, -0.2) is 0 Å². The number of carbonyl (C=O) groups is 1. The number of nitrogens with one attached hydrogen (secondary N) is 2. The molecule has 110 valence electrons. The van der Waals surface area contributed by atoms with Gasteiger partial charge in [-0.1, -0.05) is 25.7 Å². The molecule has 2 rings (SSSR count). The van der Waals surface area contributed by atoms with Crippen LogP contribution in [0.15, 0.2) is 18.5 Å². The van der Waals surface area contributed by atoms with E-state index < -0.39 is 0 Å². The Hall–Kier alpha value is -1.42. The summed E-state index contributed by atoms with van der Waals surface area (Å²) in [4.78, 5) is 16.0. The molecule has 2 N–H and O–H groups in total. The minimum Gasteiger partial charge on any atom is -0.352 e. The molecule has 4 nitrogen and oxygen atoms in total. The molecule has 1 amide bonds. The van der Waals surface area contributed by atoms with Gasteiger partial charge in [0, 0.05) is 25.0 Å². The number of hydrogen-bond donors (Lipinski definition) is 2. The second kappa shape index (κ2) is 8.00. The number of carbonyl (C=O) groups excluding carboxylic acids is 1. The first-order valence-corrected chi connectivity index (χ1v) is 7.65. The normalized spacial score (nSPS) is 16.6. The van der Waals surface area contributed by atoms with E-state index in [1.165, 1.54) is 31.2 Å². The van der Waals surface area contributed by atoms with Crippen molar-refractivity contribution in [3.05, 3.63) is 29.6 Å². The van der Waals surface area contributed by atoms with Crippen LogP contribution in [0.25, 0.3) is 0 Å². The summed E-state index contributed by atoms with van der Waals surface area (Å²) in [6.07, 6.45) is 11.0. The molecule has 0 unspecified atom stereocenters. The van der Waals surface area contributed by atoms with E-state index in [9.17, 15) is 4.79 Å². The van der Waals surface area contributed by atoms with Crippen LogP contribution in [-0.4, -0.2) is 23.5 Å². The molecule has 1 aromatic rings. The lowest BCUT2D eigenvalue weighted by Gasteiger charge is -2.16. The van der Waals surface area contributed by atoms with Crippen LogP contribution in [0.2, 0.25) is 0 Å². The zero-order valence-electron chi connectivity index (χ0n) is 12.3. The molecule has 1 saturated carbocycles. The van der Waals surface area contributed by atoms with Crippen molar-refractivity contribution in [1.29, 1.82) is 0 Å². The third-order valence-electron chi connectivity index (χ3n) is 3.97. The van der Waals surface area contributed by atoms with Crippen LogP contribution in [0.4, 0.5) is 0 Å². The highest BCUT2D eigenvalue weighted by Gasteiger charge is 2.14. The van der Waals surface area contributed by atoms with E-state index in [0.29, 0.717) is 19.1 Å². The van der Waals surface area contributed by atoms with E-state index in [1.54, 1.807) is 6.20 Å². The SMILES string of the molecule is Cc1ccncc1CNCC(=O)NC1CCCCCC1. The summed E-state index contributed by atoms with van der Waals surface area (Å²) in [7, 11) is 0. The van der Waals surface area contributed by atoms with Gasteiger partial charge in [-0.2, -0.15) is 0 Å². The van der Waals surface area contributed by atoms with Crippen molar-refractivity contribution in [1.82, 2.24) is 15.6 Å². The molecule has 0 aliphatic heterocycles. The average molecular weight is 275 g/mol. The third-order valence-corrected chi connectivity index (χ3v) is 3.97. The van der Waals surface area contributed by atoms with Crippen molar-refractivity contribution in [2.45, 2.75) is 58.0 Å². The van der Waals surface area contributed by atoms with Gasteiger partial charge in [0.2, 0.25) is 5.91 Å². The van der Waals surface area contributed by atoms with E-state index in [2.05, 4.69) is 22.5 Å². The number of nitrogens with zero attached hydrogens (tertiary/aromatic N) is 1. The van der Waals surface area contributed by atoms with Gasteiger partial charge in [0.05, 0.1) is 6.54 Å². The van der Waals surface area contributed by atoms with Crippen molar-refractivity contribution < 1.29 is 4.79 Å². The van der Waals surface area contributed by atoms with Crippen LogP contribution >= 0.6 is 0 Å². The monoisotopic (exact) mass is 275 g/mol. The molecule has 1 aliphatic carbocycles. The number of pyridine rings is 1. The van der Waals surface area contributed by atoms with Gasteiger partial charge in [-0.05, 0) is 37.0 Å². The number of amides is 1. The summed E-state index contributed by atoms with van der Waals surface area (Å²) < 4.78 is 0. The molecule has 1 fully saturated rings. The fraction of sp³-hybridized carbons (Fsp3) is 0.625. The second-order valence-corrected chi connectivity index (χ2v) is 5.66. The molecule has 1 heterocycles. The number of aryl methyl sites for hydroxylation is 1. The predicted molar refractivity (Wildman–Crippen MR) is 80.3 cm³/mol. The first kappa shape index (κ1) is 15.0. The minimum absolute atomic E-state index is 0.110. The Morgan fingerprint density at radius 2 is 2.05 bits per heavy atom. The summed E-state index contributed by atoms with van der Waals surface area (Å²) in [6, 6.07) is 2.37.